The molecule has 1 nitrogen and oxygen atoms in total. The van der Waals surface area contributed by atoms with Gasteiger partial charge >= 0.3 is 0 Å². The van der Waals surface area contributed by atoms with E-state index in [0.29, 0.717) is 0 Å². The molecule has 0 bridgehead atoms. The molecule has 0 spiro atoms. The van der Waals surface area contributed by atoms with Crippen LogP contribution in [-0.2, 0) is 0 Å². The van der Waals surface area contributed by atoms with Gasteiger partial charge < -0.3 is 5.73 Å². The quantitative estimate of drug-likeness (QED) is 0.612. The van der Waals surface area contributed by atoms with E-state index < -0.39 is 0 Å². The fourth-order valence-electron chi connectivity index (χ4n) is 0.478. The molecule has 1 aromatic rings. The second kappa shape index (κ2) is 3.64. The van der Waals surface area contributed by atoms with Crippen molar-refractivity contribution >= 4 is 22.7 Å². The second-order valence-corrected chi connectivity index (χ2v) is 1.49. The van der Waals surface area contributed by atoms with Crippen LogP contribution in [0.4, 0.5) is 5.69 Å². The summed E-state index contributed by atoms with van der Waals surface area (Å²) in [5, 5.41) is 0. The highest BCUT2D eigenvalue weighted by Crippen LogP contribution is 1.93. The molecule has 8 heavy (non-hydrogen) atoms. The van der Waals surface area contributed by atoms with Crippen molar-refractivity contribution in [3.8, 4) is 0 Å². The zero-order valence-corrected chi connectivity index (χ0v) is 6.22. The van der Waals surface area contributed by atoms with Gasteiger partial charge in [-0.05, 0) is 12.1 Å². The maximum absolute atomic E-state index is 3.72. The molecule has 44 valence electrons. The van der Waals surface area contributed by atoms with Crippen LogP contribution in [0.5, 0.6) is 0 Å². The molecule has 0 aliphatic rings. The zero-order valence-electron chi connectivity index (χ0n) is 4.50. The molecule has 1 aromatic carbocycles. The van der Waals surface area contributed by atoms with Gasteiger partial charge in [0.15, 0.2) is 0 Å². The minimum atomic E-state index is 0. The van der Waals surface area contributed by atoms with E-state index in [4.69, 9.17) is 0 Å². The van der Waals surface area contributed by atoms with E-state index in [1.807, 2.05) is 30.3 Å². The van der Waals surface area contributed by atoms with Crippen LogP contribution in [0.25, 0.3) is 0 Å². The van der Waals surface area contributed by atoms with Gasteiger partial charge in [0.25, 0.3) is 0 Å². The molecule has 0 fully saturated rings. The number of hydrogen-bond donors (Lipinski definition) is 1. The molecule has 0 aliphatic carbocycles. The monoisotopic (exact) mass is 174 g/mol. The highest BCUT2D eigenvalue weighted by atomic mass is 79.9. The van der Waals surface area contributed by atoms with Crippen LogP contribution < -0.4 is 5.73 Å². The molecular formula is C6H9BrN+. The lowest BCUT2D eigenvalue weighted by Gasteiger charge is -1.78. The number of quaternary nitrogens is 1. The summed E-state index contributed by atoms with van der Waals surface area (Å²) >= 11 is 0. The van der Waals surface area contributed by atoms with E-state index in [2.05, 4.69) is 5.73 Å². The number of halogens is 1. The van der Waals surface area contributed by atoms with E-state index >= 15 is 0 Å². The predicted molar refractivity (Wildman–Crippen MR) is 39.3 cm³/mol. The van der Waals surface area contributed by atoms with Crippen molar-refractivity contribution in [3.63, 3.8) is 0 Å². The molecule has 0 heterocycles. The van der Waals surface area contributed by atoms with Crippen molar-refractivity contribution in [2.45, 2.75) is 0 Å². The first-order valence-corrected chi connectivity index (χ1v) is 2.26. The summed E-state index contributed by atoms with van der Waals surface area (Å²) < 4.78 is 0. The van der Waals surface area contributed by atoms with Gasteiger partial charge in [0.2, 0.25) is 0 Å². The third-order valence-electron chi connectivity index (χ3n) is 0.843. The smallest absolute Gasteiger partial charge is 0.127 e. The average Bonchev–Trinajstić information content (AvgIpc) is 1.69. The lowest BCUT2D eigenvalue weighted by atomic mass is 10.3. The largest absolute Gasteiger partial charge is 0.325 e. The molecule has 0 radical (unpaired) electrons. The summed E-state index contributed by atoms with van der Waals surface area (Å²) in [5.74, 6) is 0. The van der Waals surface area contributed by atoms with Gasteiger partial charge in [-0.3, -0.25) is 0 Å². The van der Waals surface area contributed by atoms with Crippen LogP contribution in [0.1, 0.15) is 0 Å². The summed E-state index contributed by atoms with van der Waals surface area (Å²) in [6, 6.07) is 9.87. The van der Waals surface area contributed by atoms with Gasteiger partial charge in [-0.15, -0.1) is 17.0 Å². The summed E-state index contributed by atoms with van der Waals surface area (Å²) in [6.07, 6.45) is 0. The van der Waals surface area contributed by atoms with E-state index in [9.17, 15) is 0 Å². The Morgan fingerprint density at radius 3 is 1.75 bits per heavy atom. The Hall–Kier alpha value is -0.340. The van der Waals surface area contributed by atoms with Crippen LogP contribution in [0.15, 0.2) is 30.3 Å². The van der Waals surface area contributed by atoms with Gasteiger partial charge in [0.1, 0.15) is 5.69 Å². The molecule has 0 unspecified atom stereocenters. The van der Waals surface area contributed by atoms with E-state index in [0.717, 1.165) is 5.69 Å². The molecule has 1 rings (SSSR count). The average molecular weight is 175 g/mol. The highest BCUT2D eigenvalue weighted by molar-refractivity contribution is 8.93. The standard InChI is InChI=1S/C6H7N.BrH/c7-6-4-2-1-3-5-6;/h1-5H,7H2;1H/p+1. The lowest BCUT2D eigenvalue weighted by molar-refractivity contribution is -0.254. The molecule has 2 heteroatoms. The minimum Gasteiger partial charge on any atom is -0.325 e. The van der Waals surface area contributed by atoms with Crippen LogP contribution in [0.3, 0.4) is 0 Å². The Labute approximate surface area is 59.3 Å². The summed E-state index contributed by atoms with van der Waals surface area (Å²) in [6.45, 7) is 0. The third-order valence-corrected chi connectivity index (χ3v) is 0.843. The van der Waals surface area contributed by atoms with Crippen LogP contribution in [-0.4, -0.2) is 0 Å². The summed E-state index contributed by atoms with van der Waals surface area (Å²) in [5.41, 5.74) is 4.79. The van der Waals surface area contributed by atoms with Crippen LogP contribution in [0, 0.1) is 0 Å². The maximum atomic E-state index is 3.72. The number of rotatable bonds is 0. The van der Waals surface area contributed by atoms with E-state index in [1.54, 1.807) is 0 Å². The van der Waals surface area contributed by atoms with E-state index in [1.165, 1.54) is 0 Å². The van der Waals surface area contributed by atoms with E-state index in [-0.39, 0.29) is 17.0 Å². The summed E-state index contributed by atoms with van der Waals surface area (Å²) in [4.78, 5) is 0. The fraction of sp³-hybridized carbons (Fsp3) is 0. The third kappa shape index (κ3) is 2.09. The van der Waals surface area contributed by atoms with Crippen molar-refractivity contribution in [1.29, 1.82) is 0 Å². The van der Waals surface area contributed by atoms with Crippen LogP contribution >= 0.6 is 17.0 Å². The molecule has 0 aliphatic heterocycles. The fourth-order valence-corrected chi connectivity index (χ4v) is 0.478. The Morgan fingerprint density at radius 2 is 1.50 bits per heavy atom. The number of hydrogen-bond acceptors (Lipinski definition) is 0. The first-order valence-electron chi connectivity index (χ1n) is 2.26. The van der Waals surface area contributed by atoms with Gasteiger partial charge in [-0.25, -0.2) is 0 Å². The number of benzene rings is 1. The Balaban J connectivity index is 0.000000490. The van der Waals surface area contributed by atoms with Crippen molar-refractivity contribution in [1.82, 2.24) is 0 Å². The maximum Gasteiger partial charge on any atom is 0.127 e. The van der Waals surface area contributed by atoms with Crippen molar-refractivity contribution < 1.29 is 5.73 Å². The van der Waals surface area contributed by atoms with Crippen LogP contribution in [0.2, 0.25) is 0 Å². The summed E-state index contributed by atoms with van der Waals surface area (Å²) in [7, 11) is 0. The van der Waals surface area contributed by atoms with Gasteiger partial charge in [0.05, 0.1) is 0 Å². The predicted octanol–water partition coefficient (Wildman–Crippen LogP) is 1.14. The lowest BCUT2D eigenvalue weighted by Crippen LogP contribution is -2.39. The van der Waals surface area contributed by atoms with Gasteiger partial charge in [-0.1, -0.05) is 18.2 Å². The minimum absolute atomic E-state index is 0. The first kappa shape index (κ1) is 7.66. The molecule has 0 saturated heterocycles. The Morgan fingerprint density at radius 1 is 1.00 bits per heavy atom. The first-order chi connectivity index (χ1) is 3.39. The normalized spacial score (nSPS) is 7.62. The SMILES string of the molecule is Br.[NH3+]c1ccccc1. The molecular weight excluding hydrogens is 166 g/mol. The topological polar surface area (TPSA) is 27.6 Å². The molecule has 0 aromatic heterocycles. The van der Waals surface area contributed by atoms with Gasteiger partial charge in [-0.2, -0.15) is 0 Å². The zero-order chi connectivity index (χ0) is 5.11. The Bertz CT molecular complexity index is 138. The van der Waals surface area contributed by atoms with Crippen molar-refractivity contribution in [2.75, 3.05) is 0 Å². The van der Waals surface area contributed by atoms with Crippen molar-refractivity contribution in [3.05, 3.63) is 30.3 Å². The van der Waals surface area contributed by atoms with Crippen molar-refractivity contribution in [2.24, 2.45) is 0 Å². The molecule has 3 N–H and O–H groups in total. The molecule has 0 saturated carbocycles. The highest BCUT2D eigenvalue weighted by Gasteiger charge is 1.77. The molecule has 0 amide bonds. The second-order valence-electron chi connectivity index (χ2n) is 1.49. The molecule has 0 atom stereocenters. The Kier molecular flexibility index (Phi) is 3.48. The van der Waals surface area contributed by atoms with Gasteiger partial charge in [0, 0.05) is 0 Å².